The van der Waals surface area contributed by atoms with Gasteiger partial charge in [0.2, 0.25) is 11.8 Å². The number of anilines is 1. The van der Waals surface area contributed by atoms with Gasteiger partial charge < -0.3 is 14.9 Å². The number of nitrogens with zero attached hydrogens (tertiary/aromatic N) is 4. The van der Waals surface area contributed by atoms with Crippen molar-refractivity contribution in [3.63, 3.8) is 0 Å². The standard InChI is InChI=1S/C17H15N5O2/c1-11-8-14(24-10-11)15-13(9-18)16(22-17(19)21-15)23-7-5-12-4-2-3-6-20-12/h2-4,6,8,10H,5,7H2,1H3,(H2,19,21,22). The van der Waals surface area contributed by atoms with Crippen LogP contribution in [0.25, 0.3) is 11.5 Å². The van der Waals surface area contributed by atoms with Crippen LogP contribution in [-0.2, 0) is 6.42 Å². The van der Waals surface area contributed by atoms with Crippen molar-refractivity contribution in [2.45, 2.75) is 13.3 Å². The van der Waals surface area contributed by atoms with Gasteiger partial charge in [-0.1, -0.05) is 6.07 Å². The second-order valence-corrected chi connectivity index (χ2v) is 5.13. The summed E-state index contributed by atoms with van der Waals surface area (Å²) in [5.74, 6) is 0.614. The molecule has 0 amide bonds. The number of hydrogen-bond donors (Lipinski definition) is 1. The Kier molecular flexibility index (Phi) is 4.38. The predicted octanol–water partition coefficient (Wildman–Crippen LogP) is 2.52. The molecule has 0 aliphatic carbocycles. The molecule has 0 aromatic carbocycles. The second kappa shape index (κ2) is 6.79. The Morgan fingerprint density at radius 2 is 2.21 bits per heavy atom. The monoisotopic (exact) mass is 321 g/mol. The Labute approximate surface area is 138 Å². The third-order valence-corrected chi connectivity index (χ3v) is 3.29. The summed E-state index contributed by atoms with van der Waals surface area (Å²) in [7, 11) is 0. The number of aryl methyl sites for hydroxylation is 1. The van der Waals surface area contributed by atoms with Crippen molar-refractivity contribution in [1.29, 1.82) is 5.26 Å². The Morgan fingerprint density at radius 1 is 1.33 bits per heavy atom. The third-order valence-electron chi connectivity index (χ3n) is 3.29. The molecule has 2 N–H and O–H groups in total. The van der Waals surface area contributed by atoms with Crippen LogP contribution in [0.3, 0.4) is 0 Å². The van der Waals surface area contributed by atoms with E-state index in [9.17, 15) is 5.26 Å². The predicted molar refractivity (Wildman–Crippen MR) is 87.0 cm³/mol. The highest BCUT2D eigenvalue weighted by Crippen LogP contribution is 2.29. The van der Waals surface area contributed by atoms with Gasteiger partial charge >= 0.3 is 0 Å². The second-order valence-electron chi connectivity index (χ2n) is 5.13. The number of nitrogen functional groups attached to an aromatic ring is 1. The molecule has 3 heterocycles. The highest BCUT2D eigenvalue weighted by Gasteiger charge is 2.18. The minimum atomic E-state index is 0.0193. The van der Waals surface area contributed by atoms with Gasteiger partial charge in [-0.25, -0.2) is 4.98 Å². The van der Waals surface area contributed by atoms with Gasteiger partial charge in [-0.05, 0) is 30.7 Å². The molecule has 3 rings (SSSR count). The molecule has 3 aromatic heterocycles. The highest BCUT2D eigenvalue weighted by molar-refractivity contribution is 5.66. The number of aromatic nitrogens is 3. The molecular formula is C17H15N5O2. The number of nitrogens with two attached hydrogens (primary N) is 1. The van der Waals surface area contributed by atoms with Gasteiger partial charge in [0.1, 0.15) is 17.3 Å². The molecule has 3 aromatic rings. The summed E-state index contributed by atoms with van der Waals surface area (Å²) in [5, 5.41) is 9.47. The SMILES string of the molecule is Cc1coc(-c2nc(N)nc(OCCc3ccccn3)c2C#N)c1. The van der Waals surface area contributed by atoms with Crippen molar-refractivity contribution in [2.75, 3.05) is 12.3 Å². The Hall–Kier alpha value is -3.40. The first kappa shape index (κ1) is 15.5. The van der Waals surface area contributed by atoms with Crippen molar-refractivity contribution in [1.82, 2.24) is 15.0 Å². The quantitative estimate of drug-likeness (QED) is 0.768. The van der Waals surface area contributed by atoms with Gasteiger partial charge in [0.15, 0.2) is 5.76 Å². The Bertz CT molecular complexity index is 884. The first-order chi connectivity index (χ1) is 11.7. The van der Waals surface area contributed by atoms with Crippen LogP contribution in [0.15, 0.2) is 41.1 Å². The largest absolute Gasteiger partial charge is 0.476 e. The Morgan fingerprint density at radius 3 is 2.88 bits per heavy atom. The molecule has 0 bridgehead atoms. The van der Waals surface area contributed by atoms with Crippen LogP contribution in [0.2, 0.25) is 0 Å². The van der Waals surface area contributed by atoms with E-state index in [1.807, 2.05) is 25.1 Å². The lowest BCUT2D eigenvalue weighted by atomic mass is 10.2. The average molecular weight is 321 g/mol. The molecule has 0 spiro atoms. The van der Waals surface area contributed by atoms with E-state index in [1.54, 1.807) is 18.5 Å². The molecule has 120 valence electrons. The maximum absolute atomic E-state index is 9.47. The van der Waals surface area contributed by atoms with E-state index in [-0.39, 0.29) is 17.4 Å². The van der Waals surface area contributed by atoms with Crippen LogP contribution in [0, 0.1) is 18.3 Å². The van der Waals surface area contributed by atoms with E-state index in [1.165, 1.54) is 0 Å². The van der Waals surface area contributed by atoms with Crippen LogP contribution < -0.4 is 10.5 Å². The van der Waals surface area contributed by atoms with Crippen LogP contribution in [0.5, 0.6) is 5.88 Å². The van der Waals surface area contributed by atoms with Gasteiger partial charge in [-0.2, -0.15) is 10.2 Å². The van der Waals surface area contributed by atoms with Crippen molar-refractivity contribution in [3.05, 3.63) is 53.5 Å². The summed E-state index contributed by atoms with van der Waals surface area (Å²) < 4.78 is 11.1. The van der Waals surface area contributed by atoms with E-state index in [0.717, 1.165) is 11.3 Å². The molecule has 24 heavy (non-hydrogen) atoms. The van der Waals surface area contributed by atoms with Crippen molar-refractivity contribution >= 4 is 5.95 Å². The molecular weight excluding hydrogens is 306 g/mol. The first-order valence-corrected chi connectivity index (χ1v) is 7.33. The molecule has 0 aliphatic heterocycles. The van der Waals surface area contributed by atoms with Crippen LogP contribution in [0.1, 0.15) is 16.8 Å². The fourth-order valence-electron chi connectivity index (χ4n) is 2.19. The number of pyridine rings is 1. The van der Waals surface area contributed by atoms with E-state index in [4.69, 9.17) is 14.9 Å². The van der Waals surface area contributed by atoms with Crippen LogP contribution in [0.4, 0.5) is 5.95 Å². The van der Waals surface area contributed by atoms with E-state index in [0.29, 0.717) is 24.5 Å². The zero-order chi connectivity index (χ0) is 16.9. The van der Waals surface area contributed by atoms with Gasteiger partial charge in [-0.15, -0.1) is 0 Å². The fourth-order valence-corrected chi connectivity index (χ4v) is 2.19. The number of nitriles is 1. The molecule has 7 heteroatoms. The molecule has 0 saturated heterocycles. The lowest BCUT2D eigenvalue weighted by molar-refractivity contribution is 0.307. The number of ether oxygens (including phenoxy) is 1. The number of furan rings is 1. The normalized spacial score (nSPS) is 10.3. The summed E-state index contributed by atoms with van der Waals surface area (Å²) in [6.07, 6.45) is 3.89. The van der Waals surface area contributed by atoms with Crippen LogP contribution in [-0.4, -0.2) is 21.6 Å². The van der Waals surface area contributed by atoms with Crippen molar-refractivity contribution in [3.8, 4) is 23.4 Å². The van der Waals surface area contributed by atoms with Crippen LogP contribution >= 0.6 is 0 Å². The lowest BCUT2D eigenvalue weighted by Crippen LogP contribution is -2.08. The summed E-state index contributed by atoms with van der Waals surface area (Å²) in [6.45, 7) is 2.20. The van der Waals surface area contributed by atoms with Crippen molar-refractivity contribution in [2.24, 2.45) is 0 Å². The summed E-state index contributed by atoms with van der Waals surface area (Å²) in [4.78, 5) is 12.4. The number of rotatable bonds is 5. The number of hydrogen-bond acceptors (Lipinski definition) is 7. The first-order valence-electron chi connectivity index (χ1n) is 7.33. The molecule has 0 fully saturated rings. The smallest absolute Gasteiger partial charge is 0.237 e. The molecule has 0 saturated carbocycles. The average Bonchev–Trinajstić information content (AvgIpc) is 3.02. The summed E-state index contributed by atoms with van der Waals surface area (Å²) in [6, 6.07) is 9.50. The zero-order valence-electron chi connectivity index (χ0n) is 13.1. The van der Waals surface area contributed by atoms with E-state index in [2.05, 4.69) is 21.0 Å². The minimum Gasteiger partial charge on any atom is -0.476 e. The topological polar surface area (TPSA) is 111 Å². The third kappa shape index (κ3) is 3.33. The van der Waals surface area contributed by atoms with Gasteiger partial charge in [0, 0.05) is 18.3 Å². The van der Waals surface area contributed by atoms with Gasteiger partial charge in [0.25, 0.3) is 0 Å². The van der Waals surface area contributed by atoms with Gasteiger partial charge in [-0.3, -0.25) is 4.98 Å². The molecule has 0 aliphatic rings. The molecule has 0 atom stereocenters. The molecule has 0 radical (unpaired) electrons. The molecule has 7 nitrogen and oxygen atoms in total. The maximum atomic E-state index is 9.47. The summed E-state index contributed by atoms with van der Waals surface area (Å²) >= 11 is 0. The lowest BCUT2D eigenvalue weighted by Gasteiger charge is -2.09. The maximum Gasteiger partial charge on any atom is 0.237 e. The minimum absolute atomic E-state index is 0.0193. The molecule has 0 unspecified atom stereocenters. The van der Waals surface area contributed by atoms with E-state index < -0.39 is 0 Å². The van der Waals surface area contributed by atoms with Crippen molar-refractivity contribution < 1.29 is 9.15 Å². The Balaban J connectivity index is 1.85. The van der Waals surface area contributed by atoms with E-state index >= 15 is 0 Å². The van der Waals surface area contributed by atoms with Gasteiger partial charge in [0.05, 0.1) is 12.9 Å². The fraction of sp³-hybridized carbons (Fsp3) is 0.176. The summed E-state index contributed by atoms with van der Waals surface area (Å²) in [5.41, 5.74) is 8.07. The highest BCUT2D eigenvalue weighted by atomic mass is 16.5. The zero-order valence-corrected chi connectivity index (χ0v) is 13.1.